The minimum Gasteiger partial charge on any atom is -0.481 e. The van der Waals surface area contributed by atoms with Crippen molar-refractivity contribution in [2.24, 2.45) is 5.41 Å². The van der Waals surface area contributed by atoms with E-state index in [4.69, 9.17) is 21.4 Å². The highest BCUT2D eigenvalue weighted by Gasteiger charge is 2.26. The van der Waals surface area contributed by atoms with Crippen molar-refractivity contribution >= 4 is 17.6 Å². The molecular formula is C19H21ClFNO3. The van der Waals surface area contributed by atoms with Crippen molar-refractivity contribution in [2.45, 2.75) is 26.8 Å². The number of carboxylic acids is 1. The minimum absolute atomic E-state index is 0.200. The van der Waals surface area contributed by atoms with E-state index in [1.165, 1.54) is 18.2 Å². The Labute approximate surface area is 151 Å². The molecule has 0 heterocycles. The molecule has 0 aromatic heterocycles. The van der Waals surface area contributed by atoms with Gasteiger partial charge in [-0.3, -0.25) is 4.79 Å². The molecule has 0 spiro atoms. The van der Waals surface area contributed by atoms with Crippen LogP contribution in [0.15, 0.2) is 42.5 Å². The van der Waals surface area contributed by atoms with Crippen molar-refractivity contribution < 1.29 is 19.0 Å². The molecular weight excluding hydrogens is 345 g/mol. The van der Waals surface area contributed by atoms with Crippen LogP contribution in [0.4, 0.5) is 4.39 Å². The number of carbonyl (C=O) groups is 1. The molecule has 0 bridgehead atoms. The molecule has 0 fully saturated rings. The first-order valence-electron chi connectivity index (χ1n) is 7.94. The Morgan fingerprint density at radius 1 is 1.24 bits per heavy atom. The summed E-state index contributed by atoms with van der Waals surface area (Å²) in [7, 11) is 0. The van der Waals surface area contributed by atoms with Gasteiger partial charge in [-0.25, -0.2) is 4.39 Å². The first kappa shape index (κ1) is 19.2. The number of aliphatic carboxylic acids is 1. The van der Waals surface area contributed by atoms with Crippen molar-refractivity contribution in [3.8, 4) is 11.5 Å². The maximum atomic E-state index is 13.1. The van der Waals surface area contributed by atoms with Crippen molar-refractivity contribution in [2.75, 3.05) is 6.54 Å². The number of para-hydroxylation sites is 1. The third-order valence-electron chi connectivity index (χ3n) is 3.91. The van der Waals surface area contributed by atoms with Gasteiger partial charge in [0, 0.05) is 12.1 Å². The first-order chi connectivity index (χ1) is 11.8. The van der Waals surface area contributed by atoms with Crippen LogP contribution in [0.1, 0.15) is 25.8 Å². The second-order valence-corrected chi connectivity index (χ2v) is 6.81. The quantitative estimate of drug-likeness (QED) is 0.656. The van der Waals surface area contributed by atoms with Crippen LogP contribution in [0.2, 0.25) is 5.02 Å². The summed E-state index contributed by atoms with van der Waals surface area (Å²) in [5, 5.41) is 12.6. The Hall–Kier alpha value is -2.11. The summed E-state index contributed by atoms with van der Waals surface area (Å²) in [6, 6.07) is 11.4. The highest BCUT2D eigenvalue weighted by molar-refractivity contribution is 6.32. The third-order valence-corrected chi connectivity index (χ3v) is 4.20. The van der Waals surface area contributed by atoms with Crippen LogP contribution in [-0.2, 0) is 11.3 Å². The lowest BCUT2D eigenvalue weighted by Gasteiger charge is -2.19. The van der Waals surface area contributed by atoms with Crippen LogP contribution in [0.5, 0.6) is 11.5 Å². The number of benzene rings is 2. The van der Waals surface area contributed by atoms with Gasteiger partial charge in [0.15, 0.2) is 0 Å². The number of halogens is 2. The lowest BCUT2D eigenvalue weighted by Crippen LogP contribution is -2.28. The molecule has 0 aliphatic heterocycles. The SMILES string of the molecule is CC(C)(CCNCc1ccccc1Oc1ccc(F)cc1Cl)C(=O)O. The number of carboxylic acid groups (broad SMARTS) is 1. The molecule has 2 N–H and O–H groups in total. The molecule has 6 heteroatoms. The van der Waals surface area contributed by atoms with Crippen LogP contribution in [-0.4, -0.2) is 17.6 Å². The molecule has 2 aromatic carbocycles. The molecule has 2 rings (SSSR count). The monoisotopic (exact) mass is 365 g/mol. The van der Waals surface area contributed by atoms with Gasteiger partial charge in [-0.05, 0) is 51.1 Å². The maximum absolute atomic E-state index is 13.1. The van der Waals surface area contributed by atoms with Crippen LogP contribution >= 0.6 is 11.6 Å². The van der Waals surface area contributed by atoms with Gasteiger partial charge >= 0.3 is 5.97 Å². The summed E-state index contributed by atoms with van der Waals surface area (Å²) in [5.41, 5.74) is 0.126. The Kier molecular flexibility index (Phi) is 6.39. The van der Waals surface area contributed by atoms with Gasteiger partial charge in [-0.2, -0.15) is 0 Å². The molecule has 2 aromatic rings. The number of ether oxygens (including phenoxy) is 1. The molecule has 4 nitrogen and oxygen atoms in total. The van der Waals surface area contributed by atoms with Crippen LogP contribution < -0.4 is 10.1 Å². The fourth-order valence-electron chi connectivity index (χ4n) is 2.16. The van der Waals surface area contributed by atoms with E-state index in [-0.39, 0.29) is 5.02 Å². The largest absolute Gasteiger partial charge is 0.481 e. The van der Waals surface area contributed by atoms with Crippen LogP contribution in [0.25, 0.3) is 0 Å². The molecule has 0 unspecified atom stereocenters. The van der Waals surface area contributed by atoms with E-state index >= 15 is 0 Å². The van der Waals surface area contributed by atoms with Crippen molar-refractivity contribution in [1.29, 1.82) is 0 Å². The highest BCUT2D eigenvalue weighted by Crippen LogP contribution is 2.31. The Bertz CT molecular complexity index is 749. The lowest BCUT2D eigenvalue weighted by molar-refractivity contribution is -0.147. The summed E-state index contributed by atoms with van der Waals surface area (Å²) in [4.78, 5) is 11.1. The van der Waals surface area contributed by atoms with E-state index in [1.807, 2.05) is 18.2 Å². The molecule has 134 valence electrons. The number of hydrogen-bond acceptors (Lipinski definition) is 3. The van der Waals surface area contributed by atoms with Crippen LogP contribution in [0, 0.1) is 11.2 Å². The average molecular weight is 366 g/mol. The van der Waals surface area contributed by atoms with E-state index in [1.54, 1.807) is 19.9 Å². The van der Waals surface area contributed by atoms with E-state index in [0.717, 1.165) is 5.56 Å². The first-order valence-corrected chi connectivity index (χ1v) is 8.32. The van der Waals surface area contributed by atoms with Gasteiger partial charge < -0.3 is 15.2 Å². The second kappa shape index (κ2) is 8.32. The summed E-state index contributed by atoms with van der Waals surface area (Å²) in [6.07, 6.45) is 0.509. The zero-order chi connectivity index (χ0) is 18.4. The van der Waals surface area contributed by atoms with Gasteiger partial charge in [0.05, 0.1) is 10.4 Å². The summed E-state index contributed by atoms with van der Waals surface area (Å²) < 4.78 is 18.9. The molecule has 0 atom stereocenters. The zero-order valence-corrected chi connectivity index (χ0v) is 14.9. The molecule has 0 amide bonds. The Morgan fingerprint density at radius 2 is 1.96 bits per heavy atom. The molecule has 0 saturated heterocycles. The van der Waals surface area contributed by atoms with Gasteiger partial charge in [0.1, 0.15) is 17.3 Å². The van der Waals surface area contributed by atoms with Crippen LogP contribution in [0.3, 0.4) is 0 Å². The Balaban J connectivity index is 2.00. The topological polar surface area (TPSA) is 58.6 Å². The van der Waals surface area contributed by atoms with Gasteiger partial charge in [-0.1, -0.05) is 29.8 Å². The Morgan fingerprint density at radius 3 is 2.64 bits per heavy atom. The number of hydrogen-bond donors (Lipinski definition) is 2. The van der Waals surface area contributed by atoms with Crippen molar-refractivity contribution in [3.05, 3.63) is 58.9 Å². The summed E-state index contributed by atoms with van der Waals surface area (Å²) in [6.45, 7) is 4.48. The van der Waals surface area contributed by atoms with Gasteiger partial charge in [-0.15, -0.1) is 0 Å². The minimum atomic E-state index is -0.816. The molecule has 0 radical (unpaired) electrons. The van der Waals surface area contributed by atoms with Gasteiger partial charge in [0.2, 0.25) is 0 Å². The number of rotatable bonds is 8. The van der Waals surface area contributed by atoms with E-state index in [2.05, 4.69) is 5.32 Å². The molecule has 0 saturated carbocycles. The fraction of sp³-hybridized carbons (Fsp3) is 0.316. The molecule has 0 aliphatic carbocycles. The maximum Gasteiger partial charge on any atom is 0.309 e. The van der Waals surface area contributed by atoms with E-state index in [0.29, 0.717) is 31.0 Å². The summed E-state index contributed by atoms with van der Waals surface area (Å²) >= 11 is 6.00. The zero-order valence-electron chi connectivity index (χ0n) is 14.2. The normalized spacial score (nSPS) is 11.4. The van der Waals surface area contributed by atoms with Gasteiger partial charge in [0.25, 0.3) is 0 Å². The predicted octanol–water partition coefficient (Wildman–Crippen LogP) is 4.86. The standard InChI is InChI=1S/C19H21ClFNO3/c1-19(2,18(23)24)9-10-22-12-13-5-3-4-6-16(13)25-17-8-7-14(21)11-15(17)20/h3-8,11,22H,9-10,12H2,1-2H3,(H,23,24). The number of nitrogens with one attached hydrogen (secondary N) is 1. The third kappa shape index (κ3) is 5.44. The van der Waals surface area contributed by atoms with E-state index in [9.17, 15) is 9.18 Å². The molecule has 25 heavy (non-hydrogen) atoms. The highest BCUT2D eigenvalue weighted by atomic mass is 35.5. The fourth-order valence-corrected chi connectivity index (χ4v) is 2.36. The van der Waals surface area contributed by atoms with Crippen molar-refractivity contribution in [1.82, 2.24) is 5.32 Å². The van der Waals surface area contributed by atoms with Crippen molar-refractivity contribution in [3.63, 3.8) is 0 Å². The lowest BCUT2D eigenvalue weighted by atomic mass is 9.90. The summed E-state index contributed by atoms with van der Waals surface area (Å²) in [5.74, 6) is -0.249. The second-order valence-electron chi connectivity index (χ2n) is 6.40. The molecule has 0 aliphatic rings. The predicted molar refractivity (Wildman–Crippen MR) is 95.7 cm³/mol. The smallest absolute Gasteiger partial charge is 0.309 e. The van der Waals surface area contributed by atoms with E-state index < -0.39 is 17.2 Å². The average Bonchev–Trinajstić information content (AvgIpc) is 2.55.